The summed E-state index contributed by atoms with van der Waals surface area (Å²) in [5.41, 5.74) is 9.83. The van der Waals surface area contributed by atoms with Crippen LogP contribution in [0.4, 0.5) is 0 Å². The molecule has 0 spiro atoms. The molecule has 0 bridgehead atoms. The first-order valence-corrected chi connectivity index (χ1v) is 17.8. The molecule has 52 heavy (non-hydrogen) atoms. The molecule has 0 fully saturated rings. The van der Waals surface area contributed by atoms with Crippen molar-refractivity contribution in [1.82, 2.24) is 15.0 Å². The van der Waals surface area contributed by atoms with Crippen molar-refractivity contribution in [2.45, 2.75) is 19.3 Å². The Balaban J connectivity index is 1.13. The van der Waals surface area contributed by atoms with Gasteiger partial charge in [0.15, 0.2) is 17.5 Å². The minimum absolute atomic E-state index is 0.0969. The molecule has 1 aliphatic carbocycles. The van der Waals surface area contributed by atoms with Gasteiger partial charge in [-0.15, -0.1) is 0 Å². The van der Waals surface area contributed by atoms with Gasteiger partial charge in [0.25, 0.3) is 0 Å². The van der Waals surface area contributed by atoms with E-state index in [4.69, 9.17) is 19.4 Å². The fourth-order valence-electron chi connectivity index (χ4n) is 8.68. The van der Waals surface area contributed by atoms with Crippen LogP contribution >= 0.6 is 0 Å². The second-order valence-corrected chi connectivity index (χ2v) is 14.4. The van der Waals surface area contributed by atoms with Crippen molar-refractivity contribution in [3.8, 4) is 45.3 Å². The molecule has 0 aliphatic heterocycles. The van der Waals surface area contributed by atoms with Gasteiger partial charge >= 0.3 is 0 Å². The summed E-state index contributed by atoms with van der Waals surface area (Å²) >= 11 is 0. The van der Waals surface area contributed by atoms with Gasteiger partial charge in [0.1, 0.15) is 11.2 Å². The Labute approximate surface area is 300 Å². The second kappa shape index (κ2) is 10.7. The van der Waals surface area contributed by atoms with Crippen molar-refractivity contribution in [2.24, 2.45) is 0 Å². The Morgan fingerprint density at radius 3 is 1.85 bits per heavy atom. The van der Waals surface area contributed by atoms with Gasteiger partial charge in [0.2, 0.25) is 0 Å². The molecule has 11 rings (SSSR count). The van der Waals surface area contributed by atoms with Gasteiger partial charge < -0.3 is 4.42 Å². The molecule has 0 saturated heterocycles. The standard InChI is InChI=1S/C48H31N3O/c1-48(2)39-18-10-8-17-37(39)43-38-25-20-29-26-30(21-23-32(29)42(38)35-15-6-7-16-36(35)44(43)48)46-49-45(28-12-4-3-5-13-28)50-47(51-46)31-22-24-34-33-14-9-11-19-40(33)52-41(34)27-31/h3-27H,1-2H3. The fraction of sp³-hybridized carbons (Fsp3) is 0.0625. The zero-order chi connectivity index (χ0) is 34.6. The summed E-state index contributed by atoms with van der Waals surface area (Å²) < 4.78 is 6.25. The lowest BCUT2D eigenvalue weighted by Gasteiger charge is -2.24. The summed E-state index contributed by atoms with van der Waals surface area (Å²) in [4.78, 5) is 15.2. The Hall–Kier alpha value is -6.65. The lowest BCUT2D eigenvalue weighted by atomic mass is 9.79. The lowest BCUT2D eigenvalue weighted by molar-refractivity contribution is 0.666. The number of hydrogen-bond donors (Lipinski definition) is 0. The molecule has 2 heterocycles. The normalized spacial score (nSPS) is 13.3. The van der Waals surface area contributed by atoms with E-state index in [0.29, 0.717) is 17.5 Å². The van der Waals surface area contributed by atoms with Gasteiger partial charge in [-0.25, -0.2) is 15.0 Å². The number of fused-ring (bicyclic) bond motifs is 13. The van der Waals surface area contributed by atoms with Crippen LogP contribution in [-0.2, 0) is 5.41 Å². The second-order valence-electron chi connectivity index (χ2n) is 14.4. The number of furan rings is 1. The number of nitrogens with zero attached hydrogens (tertiary/aromatic N) is 3. The first-order valence-electron chi connectivity index (χ1n) is 17.8. The average Bonchev–Trinajstić information content (AvgIpc) is 3.69. The van der Waals surface area contributed by atoms with Crippen molar-refractivity contribution < 1.29 is 4.42 Å². The number of para-hydroxylation sites is 1. The van der Waals surface area contributed by atoms with Crippen molar-refractivity contribution in [3.63, 3.8) is 0 Å². The van der Waals surface area contributed by atoms with E-state index in [0.717, 1.165) is 44.0 Å². The maximum Gasteiger partial charge on any atom is 0.164 e. The molecular formula is C48H31N3O. The number of benzene rings is 8. The number of aromatic nitrogens is 3. The highest BCUT2D eigenvalue weighted by Crippen LogP contribution is 2.55. The highest BCUT2D eigenvalue weighted by Gasteiger charge is 2.38. The molecule has 244 valence electrons. The third-order valence-electron chi connectivity index (χ3n) is 11.1. The molecule has 1 aliphatic rings. The first kappa shape index (κ1) is 29.1. The van der Waals surface area contributed by atoms with Gasteiger partial charge in [-0.3, -0.25) is 0 Å². The maximum absolute atomic E-state index is 6.25. The van der Waals surface area contributed by atoms with E-state index >= 15 is 0 Å². The fourth-order valence-corrected chi connectivity index (χ4v) is 8.68. The van der Waals surface area contributed by atoms with Crippen molar-refractivity contribution in [2.75, 3.05) is 0 Å². The third-order valence-corrected chi connectivity index (χ3v) is 11.1. The van der Waals surface area contributed by atoms with Crippen LogP contribution in [0.25, 0.3) is 99.5 Å². The molecule has 0 atom stereocenters. The van der Waals surface area contributed by atoms with Crippen molar-refractivity contribution >= 4 is 54.3 Å². The zero-order valence-corrected chi connectivity index (χ0v) is 28.7. The van der Waals surface area contributed by atoms with Crippen LogP contribution in [0.15, 0.2) is 156 Å². The van der Waals surface area contributed by atoms with E-state index in [-0.39, 0.29) is 5.41 Å². The van der Waals surface area contributed by atoms with Crippen LogP contribution in [0, 0.1) is 0 Å². The van der Waals surface area contributed by atoms with E-state index in [2.05, 4.69) is 111 Å². The summed E-state index contributed by atoms with van der Waals surface area (Å²) in [6.45, 7) is 4.73. The highest BCUT2D eigenvalue weighted by molar-refractivity contribution is 6.26. The summed E-state index contributed by atoms with van der Waals surface area (Å²) in [5.74, 6) is 1.87. The molecule has 0 saturated carbocycles. The Morgan fingerprint density at radius 2 is 1.04 bits per heavy atom. The summed E-state index contributed by atoms with van der Waals surface area (Å²) in [7, 11) is 0. The van der Waals surface area contributed by atoms with Crippen LogP contribution < -0.4 is 0 Å². The SMILES string of the molecule is CC1(C)c2ccccc2-c2c1c1ccccc1c1c2ccc2cc(-c3nc(-c4ccccc4)nc(-c4ccc5c(c4)oc4ccccc45)n3)ccc21. The summed E-state index contributed by atoms with van der Waals surface area (Å²) in [6.07, 6.45) is 0. The molecular weight excluding hydrogens is 635 g/mol. The molecule has 0 amide bonds. The highest BCUT2D eigenvalue weighted by atomic mass is 16.3. The van der Waals surface area contributed by atoms with Crippen LogP contribution in [0.2, 0.25) is 0 Å². The molecule has 8 aromatic carbocycles. The molecule has 0 unspecified atom stereocenters. The van der Waals surface area contributed by atoms with E-state index in [1.54, 1.807) is 0 Å². The van der Waals surface area contributed by atoms with Crippen LogP contribution in [0.1, 0.15) is 25.0 Å². The Bertz CT molecular complexity index is 3100. The molecule has 0 radical (unpaired) electrons. The number of rotatable bonds is 3. The van der Waals surface area contributed by atoms with E-state index in [9.17, 15) is 0 Å². The van der Waals surface area contributed by atoms with Crippen LogP contribution in [0.5, 0.6) is 0 Å². The van der Waals surface area contributed by atoms with Gasteiger partial charge in [0, 0.05) is 32.9 Å². The maximum atomic E-state index is 6.25. The first-order chi connectivity index (χ1) is 25.5. The average molecular weight is 666 g/mol. The lowest BCUT2D eigenvalue weighted by Crippen LogP contribution is -2.15. The smallest absolute Gasteiger partial charge is 0.164 e. The Kier molecular flexibility index (Phi) is 5.98. The summed E-state index contributed by atoms with van der Waals surface area (Å²) in [6, 6.07) is 53.5. The number of hydrogen-bond acceptors (Lipinski definition) is 4. The monoisotopic (exact) mass is 665 g/mol. The topological polar surface area (TPSA) is 51.8 Å². The zero-order valence-electron chi connectivity index (χ0n) is 28.7. The largest absolute Gasteiger partial charge is 0.456 e. The van der Waals surface area contributed by atoms with Crippen LogP contribution in [0.3, 0.4) is 0 Å². The van der Waals surface area contributed by atoms with Gasteiger partial charge in [0.05, 0.1) is 0 Å². The molecule has 2 aromatic heterocycles. The molecule has 0 N–H and O–H groups in total. The van der Waals surface area contributed by atoms with E-state index < -0.39 is 0 Å². The van der Waals surface area contributed by atoms with E-state index in [1.165, 1.54) is 49.2 Å². The van der Waals surface area contributed by atoms with Crippen LogP contribution in [-0.4, -0.2) is 15.0 Å². The van der Waals surface area contributed by atoms with Gasteiger partial charge in [-0.1, -0.05) is 141 Å². The quantitative estimate of drug-likeness (QED) is 0.176. The van der Waals surface area contributed by atoms with E-state index in [1.807, 2.05) is 54.6 Å². The molecule has 10 aromatic rings. The van der Waals surface area contributed by atoms with Gasteiger partial charge in [-0.05, 0) is 78.8 Å². The predicted octanol–water partition coefficient (Wildman–Crippen LogP) is 12.5. The van der Waals surface area contributed by atoms with Gasteiger partial charge in [-0.2, -0.15) is 0 Å². The third kappa shape index (κ3) is 4.12. The predicted molar refractivity (Wildman–Crippen MR) is 213 cm³/mol. The van der Waals surface area contributed by atoms with Crippen molar-refractivity contribution in [3.05, 3.63) is 163 Å². The Morgan fingerprint density at radius 1 is 0.442 bits per heavy atom. The molecule has 4 heteroatoms. The molecule has 4 nitrogen and oxygen atoms in total. The van der Waals surface area contributed by atoms with Crippen molar-refractivity contribution in [1.29, 1.82) is 0 Å². The summed E-state index contributed by atoms with van der Waals surface area (Å²) in [5, 5.41) is 9.71. The minimum atomic E-state index is -0.0969. The minimum Gasteiger partial charge on any atom is -0.456 e.